The van der Waals surface area contributed by atoms with Gasteiger partial charge in [0.15, 0.2) is 0 Å². The Morgan fingerprint density at radius 2 is 1.97 bits per heavy atom. The van der Waals surface area contributed by atoms with Gasteiger partial charge in [-0.3, -0.25) is 9.59 Å². The maximum atomic E-state index is 14.1. The highest BCUT2D eigenvalue weighted by atomic mass is 35.5. The average molecular weight is 435 g/mol. The number of ether oxygens (including phenoxy) is 2. The van der Waals surface area contributed by atoms with E-state index < -0.39 is 11.7 Å². The average Bonchev–Trinajstić information content (AvgIpc) is 2.77. The molecule has 2 aromatic carbocycles. The summed E-state index contributed by atoms with van der Waals surface area (Å²) in [5.41, 5.74) is 0.539. The van der Waals surface area contributed by atoms with Gasteiger partial charge in [0, 0.05) is 43.9 Å². The Morgan fingerprint density at radius 3 is 2.67 bits per heavy atom. The van der Waals surface area contributed by atoms with Gasteiger partial charge in [0.05, 0.1) is 24.9 Å². The molecule has 0 aliphatic carbocycles. The van der Waals surface area contributed by atoms with E-state index in [9.17, 15) is 14.0 Å². The number of benzene rings is 2. The van der Waals surface area contributed by atoms with Crippen LogP contribution in [0.5, 0.6) is 0 Å². The third-order valence-corrected chi connectivity index (χ3v) is 5.15. The maximum absolute atomic E-state index is 14.1. The Kier molecular flexibility index (Phi) is 7.79. The highest BCUT2D eigenvalue weighted by Crippen LogP contribution is 2.16. The summed E-state index contributed by atoms with van der Waals surface area (Å²) in [6.07, 6.45) is -0.387. The smallest absolute Gasteiger partial charge is 0.256 e. The number of nitrogens with zero attached hydrogens (tertiary/aromatic N) is 2. The van der Waals surface area contributed by atoms with Crippen LogP contribution in [0.1, 0.15) is 20.7 Å². The van der Waals surface area contributed by atoms with Crippen LogP contribution in [0.15, 0.2) is 48.5 Å². The first-order valence-electron chi connectivity index (χ1n) is 9.68. The van der Waals surface area contributed by atoms with Crippen LogP contribution < -0.4 is 0 Å². The van der Waals surface area contributed by atoms with Crippen molar-refractivity contribution in [2.45, 2.75) is 6.10 Å². The molecule has 6 nitrogen and oxygen atoms in total. The standard InChI is InChI=1S/C22H24ClFN2O4/c1-29-12-10-26(22(28)19-4-2-3-5-20(19)24)15-18-14-25(11-13-30-18)21(27)16-6-8-17(23)9-7-16/h2-9,18H,10-15H2,1H3. The number of rotatable bonds is 7. The zero-order valence-electron chi connectivity index (χ0n) is 16.7. The summed E-state index contributed by atoms with van der Waals surface area (Å²) < 4.78 is 25.0. The van der Waals surface area contributed by atoms with Crippen LogP contribution in [0.2, 0.25) is 5.02 Å². The lowest BCUT2D eigenvalue weighted by atomic mass is 10.1. The third-order valence-electron chi connectivity index (χ3n) is 4.90. The fourth-order valence-corrected chi connectivity index (χ4v) is 3.44. The zero-order valence-corrected chi connectivity index (χ0v) is 17.5. The van der Waals surface area contributed by atoms with E-state index in [1.807, 2.05) is 0 Å². The van der Waals surface area contributed by atoms with Gasteiger partial charge in [-0.15, -0.1) is 0 Å². The molecule has 2 aromatic rings. The van der Waals surface area contributed by atoms with E-state index in [-0.39, 0.29) is 30.7 Å². The molecule has 0 aromatic heterocycles. The molecule has 0 N–H and O–H groups in total. The van der Waals surface area contributed by atoms with Crippen LogP contribution in [0.3, 0.4) is 0 Å². The number of halogens is 2. The minimum Gasteiger partial charge on any atom is -0.383 e. The molecule has 1 saturated heterocycles. The van der Waals surface area contributed by atoms with Crippen LogP contribution in [0.25, 0.3) is 0 Å². The largest absolute Gasteiger partial charge is 0.383 e. The second-order valence-electron chi connectivity index (χ2n) is 6.97. The molecule has 160 valence electrons. The van der Waals surface area contributed by atoms with Crippen molar-refractivity contribution in [1.29, 1.82) is 0 Å². The van der Waals surface area contributed by atoms with Gasteiger partial charge in [-0.05, 0) is 36.4 Å². The number of carbonyl (C=O) groups excluding carboxylic acids is 2. The number of hydrogen-bond acceptors (Lipinski definition) is 4. The summed E-state index contributed by atoms with van der Waals surface area (Å²) in [4.78, 5) is 28.9. The highest BCUT2D eigenvalue weighted by molar-refractivity contribution is 6.30. The lowest BCUT2D eigenvalue weighted by Crippen LogP contribution is -2.51. The van der Waals surface area contributed by atoms with E-state index in [2.05, 4.69) is 0 Å². The molecule has 0 bridgehead atoms. The van der Waals surface area contributed by atoms with Gasteiger partial charge in [-0.1, -0.05) is 23.7 Å². The molecule has 8 heteroatoms. The minimum atomic E-state index is -0.575. The van der Waals surface area contributed by atoms with Crippen LogP contribution in [-0.2, 0) is 9.47 Å². The topological polar surface area (TPSA) is 59.1 Å². The lowest BCUT2D eigenvalue weighted by molar-refractivity contribution is -0.0347. The van der Waals surface area contributed by atoms with Crippen molar-refractivity contribution in [3.63, 3.8) is 0 Å². The van der Waals surface area contributed by atoms with E-state index in [0.717, 1.165) is 0 Å². The van der Waals surface area contributed by atoms with E-state index in [1.165, 1.54) is 30.2 Å². The van der Waals surface area contributed by atoms with Crippen LogP contribution in [0, 0.1) is 5.82 Å². The van der Waals surface area contributed by atoms with E-state index in [4.69, 9.17) is 21.1 Å². The molecule has 0 radical (unpaired) electrons. The molecule has 3 rings (SSSR count). The van der Waals surface area contributed by atoms with Crippen LogP contribution >= 0.6 is 11.6 Å². The summed E-state index contributed by atoms with van der Waals surface area (Å²) in [7, 11) is 1.54. The van der Waals surface area contributed by atoms with Gasteiger partial charge >= 0.3 is 0 Å². The lowest BCUT2D eigenvalue weighted by Gasteiger charge is -2.36. The maximum Gasteiger partial charge on any atom is 0.256 e. The summed E-state index contributed by atoms with van der Waals surface area (Å²) in [5, 5.41) is 0.562. The van der Waals surface area contributed by atoms with Crippen molar-refractivity contribution in [2.24, 2.45) is 0 Å². The molecule has 1 aliphatic rings. The van der Waals surface area contributed by atoms with Gasteiger partial charge in [0.25, 0.3) is 11.8 Å². The molecular weight excluding hydrogens is 411 g/mol. The summed E-state index contributed by atoms with van der Waals surface area (Å²) in [6, 6.07) is 12.6. The monoisotopic (exact) mass is 434 g/mol. The van der Waals surface area contributed by atoms with Crippen molar-refractivity contribution in [2.75, 3.05) is 46.5 Å². The first-order valence-corrected chi connectivity index (χ1v) is 10.1. The van der Waals surface area contributed by atoms with Crippen molar-refractivity contribution in [3.8, 4) is 0 Å². The first kappa shape index (κ1) is 22.2. The Labute approximate surface area is 180 Å². The van der Waals surface area contributed by atoms with Crippen molar-refractivity contribution in [1.82, 2.24) is 9.80 Å². The van der Waals surface area contributed by atoms with Gasteiger partial charge in [0.2, 0.25) is 0 Å². The molecule has 1 heterocycles. The predicted molar refractivity (Wildman–Crippen MR) is 111 cm³/mol. The molecule has 2 amide bonds. The Hall–Kier alpha value is -2.48. The molecule has 1 atom stereocenters. The second-order valence-corrected chi connectivity index (χ2v) is 7.41. The molecule has 1 aliphatic heterocycles. The fourth-order valence-electron chi connectivity index (χ4n) is 3.32. The molecule has 1 fully saturated rings. The number of morpholine rings is 1. The number of amides is 2. The summed E-state index contributed by atoms with van der Waals surface area (Å²) in [6.45, 7) is 1.96. The molecule has 1 unspecified atom stereocenters. The normalized spacial score (nSPS) is 16.4. The van der Waals surface area contributed by atoms with Gasteiger partial charge in [-0.25, -0.2) is 4.39 Å². The van der Waals surface area contributed by atoms with Gasteiger partial charge in [-0.2, -0.15) is 0 Å². The first-order chi connectivity index (χ1) is 14.5. The molecule has 0 spiro atoms. The zero-order chi connectivity index (χ0) is 21.5. The van der Waals surface area contributed by atoms with E-state index >= 15 is 0 Å². The van der Waals surface area contributed by atoms with Crippen LogP contribution in [-0.4, -0.2) is 74.2 Å². The summed E-state index contributed by atoms with van der Waals surface area (Å²) in [5.74, 6) is -1.13. The van der Waals surface area contributed by atoms with Crippen LogP contribution in [0.4, 0.5) is 4.39 Å². The third kappa shape index (κ3) is 5.56. The van der Waals surface area contributed by atoms with Crippen molar-refractivity contribution >= 4 is 23.4 Å². The predicted octanol–water partition coefficient (Wildman–Crippen LogP) is 3.11. The number of carbonyl (C=O) groups is 2. The summed E-state index contributed by atoms with van der Waals surface area (Å²) >= 11 is 5.90. The number of hydrogen-bond donors (Lipinski definition) is 0. The van der Waals surface area contributed by atoms with Crippen molar-refractivity contribution in [3.05, 3.63) is 70.5 Å². The highest BCUT2D eigenvalue weighted by Gasteiger charge is 2.29. The Morgan fingerprint density at radius 1 is 1.23 bits per heavy atom. The molecular formula is C22H24ClFN2O4. The van der Waals surface area contributed by atoms with E-state index in [0.29, 0.717) is 36.9 Å². The minimum absolute atomic E-state index is 0.00138. The Balaban J connectivity index is 1.69. The van der Waals surface area contributed by atoms with Crippen molar-refractivity contribution < 1.29 is 23.5 Å². The van der Waals surface area contributed by atoms with Gasteiger partial charge < -0.3 is 19.3 Å². The molecule has 30 heavy (non-hydrogen) atoms. The van der Waals surface area contributed by atoms with Gasteiger partial charge in [0.1, 0.15) is 5.82 Å². The fraction of sp³-hybridized carbons (Fsp3) is 0.364. The number of methoxy groups -OCH3 is 1. The quantitative estimate of drug-likeness (QED) is 0.672. The SMILES string of the molecule is COCCN(CC1CN(C(=O)c2ccc(Cl)cc2)CCO1)C(=O)c1ccccc1F. The van der Waals surface area contributed by atoms with E-state index in [1.54, 1.807) is 35.2 Å². The molecule has 0 saturated carbocycles. The second kappa shape index (κ2) is 10.5. The Bertz CT molecular complexity index is 878.